The van der Waals surface area contributed by atoms with E-state index in [1.807, 2.05) is 11.9 Å². The predicted molar refractivity (Wildman–Crippen MR) is 145 cm³/mol. The molecule has 0 amide bonds. The first-order valence-corrected chi connectivity index (χ1v) is 12.6. The van der Waals surface area contributed by atoms with E-state index < -0.39 is 11.7 Å². The zero-order valence-electron chi connectivity index (χ0n) is 21.9. The van der Waals surface area contributed by atoms with Gasteiger partial charge in [-0.15, -0.1) is 0 Å². The van der Waals surface area contributed by atoms with Crippen molar-refractivity contribution in [3.8, 4) is 0 Å². The number of nitrogens with zero attached hydrogens (tertiary/aromatic N) is 3. The fourth-order valence-electron chi connectivity index (χ4n) is 5.18. The molecule has 3 aliphatic heterocycles. The van der Waals surface area contributed by atoms with Gasteiger partial charge in [0.05, 0.1) is 5.56 Å². The first-order valence-electron chi connectivity index (χ1n) is 12.6. The van der Waals surface area contributed by atoms with Gasteiger partial charge in [0.1, 0.15) is 0 Å². The molecule has 3 aromatic rings. The Balaban J connectivity index is 0.000000128. The second kappa shape index (κ2) is 10.5. The molecule has 6 rings (SSSR count). The van der Waals surface area contributed by atoms with Crippen LogP contribution in [0.4, 0.5) is 30.2 Å². The summed E-state index contributed by atoms with van der Waals surface area (Å²) >= 11 is 0. The fraction of sp³-hybridized carbons (Fsp3) is 0.400. The molecule has 3 aromatic carbocycles. The van der Waals surface area contributed by atoms with Crippen LogP contribution in [0.3, 0.4) is 0 Å². The molecule has 3 nitrogen and oxygen atoms in total. The molecule has 0 unspecified atom stereocenters. The Morgan fingerprint density at radius 3 is 1.97 bits per heavy atom. The highest BCUT2D eigenvalue weighted by atomic mass is 19.4. The molecule has 0 N–H and O–H groups in total. The summed E-state index contributed by atoms with van der Waals surface area (Å²) in [6, 6.07) is 17.2. The molecular formula is C30H36F3N3. The highest BCUT2D eigenvalue weighted by molar-refractivity contribution is 5.61. The van der Waals surface area contributed by atoms with E-state index in [9.17, 15) is 13.2 Å². The molecule has 6 heteroatoms. The predicted octanol–water partition coefficient (Wildman–Crippen LogP) is 6.67. The van der Waals surface area contributed by atoms with Gasteiger partial charge in [-0.05, 0) is 79.6 Å². The number of halogens is 3. The van der Waals surface area contributed by atoms with E-state index in [0.29, 0.717) is 5.69 Å². The number of hydrogen-bond acceptors (Lipinski definition) is 3. The zero-order chi connectivity index (χ0) is 26.0. The summed E-state index contributed by atoms with van der Waals surface area (Å²) < 4.78 is 37.1. The minimum absolute atomic E-state index is 0.565. The Kier molecular flexibility index (Phi) is 7.53. The van der Waals surface area contributed by atoms with Crippen LogP contribution in [0.15, 0.2) is 54.6 Å². The van der Waals surface area contributed by atoms with Crippen molar-refractivity contribution in [3.05, 3.63) is 88.0 Å². The van der Waals surface area contributed by atoms with E-state index in [2.05, 4.69) is 74.1 Å². The van der Waals surface area contributed by atoms with Gasteiger partial charge >= 0.3 is 6.18 Å². The molecule has 3 aliphatic rings. The lowest BCUT2D eigenvalue weighted by molar-refractivity contribution is -0.137. The van der Waals surface area contributed by atoms with Crippen LogP contribution in [0.25, 0.3) is 0 Å². The topological polar surface area (TPSA) is 9.72 Å². The van der Waals surface area contributed by atoms with E-state index >= 15 is 0 Å². The Labute approximate surface area is 213 Å². The summed E-state index contributed by atoms with van der Waals surface area (Å²) in [5, 5.41) is 0. The highest BCUT2D eigenvalue weighted by Crippen LogP contribution is 2.35. The van der Waals surface area contributed by atoms with Gasteiger partial charge in [-0.1, -0.05) is 35.9 Å². The van der Waals surface area contributed by atoms with Crippen LogP contribution in [-0.2, 0) is 25.4 Å². The average Bonchev–Trinajstić information content (AvgIpc) is 3.52. The van der Waals surface area contributed by atoms with Gasteiger partial charge < -0.3 is 14.7 Å². The van der Waals surface area contributed by atoms with Crippen molar-refractivity contribution in [1.29, 1.82) is 0 Å². The smallest absolute Gasteiger partial charge is 0.374 e. The molecule has 3 heterocycles. The quantitative estimate of drug-likeness (QED) is 0.345. The molecule has 0 radical (unpaired) electrons. The van der Waals surface area contributed by atoms with Gasteiger partial charge in [-0.25, -0.2) is 0 Å². The number of benzene rings is 3. The molecule has 192 valence electrons. The fourth-order valence-corrected chi connectivity index (χ4v) is 5.18. The summed E-state index contributed by atoms with van der Waals surface area (Å²) in [7, 11) is 6.12. The number of alkyl halides is 3. The Morgan fingerprint density at radius 2 is 1.28 bits per heavy atom. The van der Waals surface area contributed by atoms with Gasteiger partial charge in [0.15, 0.2) is 0 Å². The number of hydrogen-bond donors (Lipinski definition) is 0. The summed E-state index contributed by atoms with van der Waals surface area (Å²) in [6.07, 6.45) is -0.964. The number of rotatable bonds is 0. The van der Waals surface area contributed by atoms with E-state index in [1.165, 1.54) is 65.6 Å². The maximum absolute atomic E-state index is 12.4. The Hall–Kier alpha value is -3.15. The van der Waals surface area contributed by atoms with Gasteiger partial charge in [0.25, 0.3) is 0 Å². The molecule has 0 aromatic heterocycles. The third kappa shape index (κ3) is 5.63. The van der Waals surface area contributed by atoms with Crippen LogP contribution in [0, 0.1) is 13.8 Å². The van der Waals surface area contributed by atoms with Crippen molar-refractivity contribution >= 4 is 17.1 Å². The summed E-state index contributed by atoms with van der Waals surface area (Å²) in [4.78, 5) is 6.49. The lowest BCUT2D eigenvalue weighted by Gasteiger charge is -2.14. The third-order valence-electron chi connectivity index (χ3n) is 7.40. The molecule has 0 spiro atoms. The van der Waals surface area contributed by atoms with Crippen molar-refractivity contribution in [3.63, 3.8) is 0 Å². The lowest BCUT2D eigenvalue weighted by Crippen LogP contribution is -2.13. The third-order valence-corrected chi connectivity index (χ3v) is 7.40. The van der Waals surface area contributed by atoms with Crippen molar-refractivity contribution in [1.82, 2.24) is 0 Å². The second-order valence-electron chi connectivity index (χ2n) is 10.1. The van der Waals surface area contributed by atoms with Gasteiger partial charge in [0.2, 0.25) is 0 Å². The SMILES string of the molecule is CN1CCc2ccc(C(F)(F)F)cc21.Cc1ccc2c(c1)CCN2C.Cc1cccc2c1CCN2C. The lowest BCUT2D eigenvalue weighted by atomic mass is 10.1. The van der Waals surface area contributed by atoms with Gasteiger partial charge in [-0.3, -0.25) is 0 Å². The molecule has 0 aliphatic carbocycles. The average molecular weight is 496 g/mol. The van der Waals surface area contributed by atoms with Crippen LogP contribution in [-0.4, -0.2) is 40.8 Å². The minimum atomic E-state index is -4.24. The molecule has 0 bridgehead atoms. The number of aryl methyl sites for hydroxylation is 2. The number of fused-ring (bicyclic) bond motifs is 3. The largest absolute Gasteiger partial charge is 0.416 e. The van der Waals surface area contributed by atoms with Crippen LogP contribution in [0.2, 0.25) is 0 Å². The van der Waals surface area contributed by atoms with E-state index in [4.69, 9.17) is 0 Å². The molecule has 0 fully saturated rings. The van der Waals surface area contributed by atoms with Crippen molar-refractivity contribution in [2.45, 2.75) is 39.3 Å². The molecule has 0 saturated carbocycles. The molecular weight excluding hydrogens is 459 g/mol. The van der Waals surface area contributed by atoms with Crippen molar-refractivity contribution < 1.29 is 13.2 Å². The second-order valence-corrected chi connectivity index (χ2v) is 10.1. The maximum atomic E-state index is 12.4. The number of anilines is 3. The molecule has 0 atom stereocenters. The first-order chi connectivity index (χ1) is 17.0. The van der Waals surface area contributed by atoms with Crippen LogP contribution in [0.5, 0.6) is 0 Å². The number of likely N-dealkylation sites (N-methyl/N-ethyl adjacent to an activating group) is 3. The van der Waals surface area contributed by atoms with Gasteiger partial charge in [-0.2, -0.15) is 13.2 Å². The van der Waals surface area contributed by atoms with Crippen LogP contribution in [0.1, 0.15) is 33.4 Å². The highest BCUT2D eigenvalue weighted by Gasteiger charge is 2.32. The molecule has 36 heavy (non-hydrogen) atoms. The van der Waals surface area contributed by atoms with E-state index in [-0.39, 0.29) is 0 Å². The van der Waals surface area contributed by atoms with Gasteiger partial charge in [0, 0.05) is 57.8 Å². The summed E-state index contributed by atoms with van der Waals surface area (Å²) in [5.74, 6) is 0. The zero-order valence-corrected chi connectivity index (χ0v) is 21.9. The van der Waals surface area contributed by atoms with Crippen molar-refractivity contribution in [2.24, 2.45) is 0 Å². The summed E-state index contributed by atoms with van der Waals surface area (Å²) in [6.45, 7) is 7.51. The molecule has 0 saturated heterocycles. The Bertz CT molecular complexity index is 1220. The van der Waals surface area contributed by atoms with Crippen LogP contribution >= 0.6 is 0 Å². The maximum Gasteiger partial charge on any atom is 0.416 e. The van der Waals surface area contributed by atoms with Crippen molar-refractivity contribution in [2.75, 3.05) is 55.5 Å². The normalized spacial score (nSPS) is 15.5. The summed E-state index contributed by atoms with van der Waals surface area (Å²) in [5.41, 5.74) is 9.83. The monoisotopic (exact) mass is 495 g/mol. The standard InChI is InChI=1S/C10H10F3N.2C10H13N/c1-14-5-4-7-2-3-8(6-9(7)14)10(11,12)13;1-8-3-4-10-9(7-8)5-6-11(10)2;1-8-4-3-5-10-9(8)6-7-11(10)2/h2-3,6H,4-5H2,1H3;3-4,7H,5-6H2,1-2H3;3-5H,6-7H2,1-2H3. The minimum Gasteiger partial charge on any atom is -0.374 e. The Morgan fingerprint density at radius 1 is 0.639 bits per heavy atom. The van der Waals surface area contributed by atoms with E-state index in [0.717, 1.165) is 24.6 Å². The van der Waals surface area contributed by atoms with Crippen LogP contribution < -0.4 is 14.7 Å². The van der Waals surface area contributed by atoms with E-state index in [1.54, 1.807) is 6.07 Å². The first kappa shape index (κ1) is 25.9.